The monoisotopic (exact) mass is 247 g/mol. The van der Waals surface area contributed by atoms with Crippen LogP contribution in [0.5, 0.6) is 0 Å². The average molecular weight is 247 g/mol. The predicted octanol–water partition coefficient (Wildman–Crippen LogP) is 2.39. The number of ether oxygens (including phenoxy) is 1. The Morgan fingerprint density at radius 3 is 2.72 bits per heavy atom. The van der Waals surface area contributed by atoms with Gasteiger partial charge in [-0.2, -0.15) is 5.26 Å². The second-order valence-electron chi connectivity index (χ2n) is 4.33. The first-order valence-electron chi connectivity index (χ1n) is 6.19. The van der Waals surface area contributed by atoms with Crippen LogP contribution >= 0.6 is 0 Å². The van der Waals surface area contributed by atoms with Crippen LogP contribution in [0.25, 0.3) is 0 Å². The number of nitriles is 1. The van der Waals surface area contributed by atoms with Crippen LogP contribution in [0.4, 0.5) is 11.4 Å². The lowest BCUT2D eigenvalue weighted by atomic mass is 10.1. The summed E-state index contributed by atoms with van der Waals surface area (Å²) < 4.78 is 5.14. The zero-order valence-electron chi connectivity index (χ0n) is 11.3. The summed E-state index contributed by atoms with van der Waals surface area (Å²) in [7, 11) is 1.70. The highest BCUT2D eigenvalue weighted by molar-refractivity contribution is 5.63. The quantitative estimate of drug-likeness (QED) is 0.784. The summed E-state index contributed by atoms with van der Waals surface area (Å²) in [6, 6.07) is 8.06. The minimum absolute atomic E-state index is 0.410. The molecule has 0 aromatic heterocycles. The highest BCUT2D eigenvalue weighted by Gasteiger charge is 2.13. The van der Waals surface area contributed by atoms with Crippen molar-refractivity contribution < 1.29 is 4.74 Å². The number of benzene rings is 1. The molecule has 1 unspecified atom stereocenters. The van der Waals surface area contributed by atoms with Crippen LogP contribution in [0.2, 0.25) is 0 Å². The summed E-state index contributed by atoms with van der Waals surface area (Å²) in [4.78, 5) is 2.25. The third kappa shape index (κ3) is 3.38. The molecule has 1 rings (SSSR count). The molecule has 0 bridgehead atoms. The lowest BCUT2D eigenvalue weighted by Gasteiger charge is -2.30. The van der Waals surface area contributed by atoms with Crippen LogP contribution in [0, 0.1) is 11.3 Å². The van der Waals surface area contributed by atoms with Gasteiger partial charge in [0, 0.05) is 25.4 Å². The van der Waals surface area contributed by atoms with Gasteiger partial charge in [-0.3, -0.25) is 0 Å². The number of methoxy groups -OCH3 is 1. The van der Waals surface area contributed by atoms with Gasteiger partial charge in [-0.05, 0) is 31.5 Å². The van der Waals surface area contributed by atoms with Crippen molar-refractivity contribution in [1.29, 1.82) is 5.26 Å². The fraction of sp³-hybridized carbons (Fsp3) is 0.500. The van der Waals surface area contributed by atoms with Gasteiger partial charge in [0.05, 0.1) is 17.9 Å². The van der Waals surface area contributed by atoms with Gasteiger partial charge in [0.1, 0.15) is 6.07 Å². The molecule has 0 aliphatic carbocycles. The van der Waals surface area contributed by atoms with E-state index in [4.69, 9.17) is 15.7 Å². The molecular formula is C14H21N3O. The van der Waals surface area contributed by atoms with Gasteiger partial charge in [-0.25, -0.2) is 0 Å². The van der Waals surface area contributed by atoms with Crippen LogP contribution in [0.3, 0.4) is 0 Å². The molecule has 0 spiro atoms. The molecule has 0 saturated heterocycles. The Morgan fingerprint density at radius 2 is 2.22 bits per heavy atom. The summed E-state index contributed by atoms with van der Waals surface area (Å²) in [5.41, 5.74) is 7.95. The van der Waals surface area contributed by atoms with E-state index >= 15 is 0 Å². The van der Waals surface area contributed by atoms with Crippen molar-refractivity contribution in [2.24, 2.45) is 0 Å². The standard InChI is InChI=1S/C14H21N3O/c1-4-11(2)17(7-8-18-3)13-6-5-12(10-15)14(16)9-13/h5-6,9,11H,4,7-8,16H2,1-3H3. The van der Waals surface area contributed by atoms with Gasteiger partial charge in [-0.15, -0.1) is 0 Å². The fourth-order valence-corrected chi connectivity index (χ4v) is 1.84. The molecule has 18 heavy (non-hydrogen) atoms. The Balaban J connectivity index is 2.98. The van der Waals surface area contributed by atoms with Gasteiger partial charge in [-0.1, -0.05) is 6.92 Å². The maximum Gasteiger partial charge on any atom is 0.101 e. The summed E-state index contributed by atoms with van der Waals surface area (Å²) in [5, 5.41) is 8.88. The van der Waals surface area contributed by atoms with Crippen LogP contribution in [0.1, 0.15) is 25.8 Å². The Bertz CT molecular complexity index is 426. The Labute approximate surface area is 109 Å². The Hall–Kier alpha value is -1.73. The molecule has 0 aliphatic heterocycles. The summed E-state index contributed by atoms with van der Waals surface area (Å²) >= 11 is 0. The number of nitrogens with two attached hydrogens (primary N) is 1. The maximum atomic E-state index is 8.88. The van der Waals surface area contributed by atoms with E-state index in [9.17, 15) is 0 Å². The zero-order chi connectivity index (χ0) is 13.5. The van der Waals surface area contributed by atoms with Crippen LogP contribution in [-0.2, 0) is 4.74 Å². The average Bonchev–Trinajstić information content (AvgIpc) is 2.39. The number of rotatable bonds is 6. The Morgan fingerprint density at radius 1 is 1.50 bits per heavy atom. The van der Waals surface area contributed by atoms with Crippen molar-refractivity contribution in [3.63, 3.8) is 0 Å². The molecule has 2 N–H and O–H groups in total. The van der Waals surface area contributed by atoms with Crippen LogP contribution < -0.4 is 10.6 Å². The molecular weight excluding hydrogens is 226 g/mol. The first-order valence-corrected chi connectivity index (χ1v) is 6.19. The third-order valence-electron chi connectivity index (χ3n) is 3.15. The molecule has 0 fully saturated rings. The molecule has 4 nitrogen and oxygen atoms in total. The third-order valence-corrected chi connectivity index (χ3v) is 3.15. The number of hydrogen-bond acceptors (Lipinski definition) is 4. The lowest BCUT2D eigenvalue weighted by molar-refractivity contribution is 0.203. The van der Waals surface area contributed by atoms with E-state index in [1.165, 1.54) is 0 Å². The van der Waals surface area contributed by atoms with Gasteiger partial charge < -0.3 is 15.4 Å². The Kier molecular flexibility index (Phi) is 5.47. The molecule has 0 radical (unpaired) electrons. The first kappa shape index (κ1) is 14.3. The highest BCUT2D eigenvalue weighted by atomic mass is 16.5. The zero-order valence-corrected chi connectivity index (χ0v) is 11.3. The van der Waals surface area contributed by atoms with E-state index in [1.807, 2.05) is 12.1 Å². The molecule has 1 aromatic rings. The van der Waals surface area contributed by atoms with Gasteiger partial charge in [0.25, 0.3) is 0 Å². The van der Waals surface area contributed by atoms with Gasteiger partial charge in [0.2, 0.25) is 0 Å². The van der Waals surface area contributed by atoms with E-state index in [0.717, 1.165) is 18.7 Å². The maximum absolute atomic E-state index is 8.88. The van der Waals surface area contributed by atoms with E-state index < -0.39 is 0 Å². The number of nitrogens with zero attached hydrogens (tertiary/aromatic N) is 2. The van der Waals surface area contributed by atoms with Crippen molar-refractivity contribution in [3.8, 4) is 6.07 Å². The summed E-state index contributed by atoms with van der Waals surface area (Å²) in [6.07, 6.45) is 1.05. The molecule has 1 atom stereocenters. The fourth-order valence-electron chi connectivity index (χ4n) is 1.84. The topological polar surface area (TPSA) is 62.3 Å². The smallest absolute Gasteiger partial charge is 0.101 e. The van der Waals surface area contributed by atoms with Crippen molar-refractivity contribution in [3.05, 3.63) is 23.8 Å². The molecule has 1 aromatic carbocycles. The summed E-state index contributed by atoms with van der Waals surface area (Å²) in [5.74, 6) is 0. The van der Waals surface area contributed by atoms with Crippen LogP contribution in [0.15, 0.2) is 18.2 Å². The van der Waals surface area contributed by atoms with E-state index in [0.29, 0.717) is 23.9 Å². The highest BCUT2D eigenvalue weighted by Crippen LogP contribution is 2.23. The second-order valence-corrected chi connectivity index (χ2v) is 4.33. The summed E-state index contributed by atoms with van der Waals surface area (Å²) in [6.45, 7) is 5.81. The van der Waals surface area contributed by atoms with Crippen molar-refractivity contribution in [2.45, 2.75) is 26.3 Å². The van der Waals surface area contributed by atoms with E-state index in [-0.39, 0.29) is 0 Å². The minimum Gasteiger partial charge on any atom is -0.398 e. The largest absolute Gasteiger partial charge is 0.398 e. The number of anilines is 2. The number of hydrogen-bond donors (Lipinski definition) is 1. The van der Waals surface area contributed by atoms with Gasteiger partial charge in [0.15, 0.2) is 0 Å². The normalized spacial score (nSPS) is 11.9. The molecule has 0 saturated carbocycles. The van der Waals surface area contributed by atoms with Crippen molar-refractivity contribution in [1.82, 2.24) is 0 Å². The second kappa shape index (κ2) is 6.87. The first-order chi connectivity index (χ1) is 8.63. The molecule has 0 amide bonds. The molecule has 0 aliphatic rings. The molecule has 98 valence electrons. The van der Waals surface area contributed by atoms with Crippen molar-refractivity contribution in [2.75, 3.05) is 30.9 Å². The predicted molar refractivity (Wildman–Crippen MR) is 74.5 cm³/mol. The SMILES string of the molecule is CCC(C)N(CCOC)c1ccc(C#N)c(N)c1. The van der Waals surface area contributed by atoms with E-state index in [1.54, 1.807) is 13.2 Å². The van der Waals surface area contributed by atoms with Crippen molar-refractivity contribution >= 4 is 11.4 Å². The molecule has 4 heteroatoms. The van der Waals surface area contributed by atoms with Gasteiger partial charge >= 0.3 is 0 Å². The number of nitrogen functional groups attached to an aromatic ring is 1. The van der Waals surface area contributed by atoms with Crippen LogP contribution in [-0.4, -0.2) is 26.3 Å². The lowest BCUT2D eigenvalue weighted by Crippen LogP contribution is -2.35. The van der Waals surface area contributed by atoms with E-state index in [2.05, 4.69) is 24.8 Å². The minimum atomic E-state index is 0.410. The molecule has 0 heterocycles.